The van der Waals surface area contributed by atoms with Crippen molar-refractivity contribution >= 4 is 29.1 Å². The molecule has 0 atom stereocenters. The Hall–Kier alpha value is -2.37. The van der Waals surface area contributed by atoms with Crippen LogP contribution in [0.15, 0.2) is 53.1 Å². The lowest BCUT2D eigenvalue weighted by Crippen LogP contribution is -2.26. The van der Waals surface area contributed by atoms with Gasteiger partial charge in [-0.05, 0) is 24.1 Å². The molecular weight excluding hydrogens is 373 g/mol. The van der Waals surface area contributed by atoms with Crippen LogP contribution in [-0.2, 0) is 17.8 Å². The van der Waals surface area contributed by atoms with E-state index >= 15 is 0 Å². The molecule has 1 heterocycles. The van der Waals surface area contributed by atoms with Gasteiger partial charge in [-0.25, -0.2) is 0 Å². The molecule has 0 fully saturated rings. The third-order valence-corrected chi connectivity index (χ3v) is 4.65. The number of hydrogen-bond acceptors (Lipinski definition) is 4. The van der Waals surface area contributed by atoms with E-state index in [1.807, 2.05) is 36.4 Å². The maximum absolute atomic E-state index is 12.3. The molecule has 0 aliphatic heterocycles. The number of carbonyl (C=O) groups is 1. The minimum absolute atomic E-state index is 0.0180. The van der Waals surface area contributed by atoms with Gasteiger partial charge >= 0.3 is 0 Å². The molecule has 2 aromatic carbocycles. The van der Waals surface area contributed by atoms with Gasteiger partial charge in [0.05, 0.1) is 16.6 Å². The van der Waals surface area contributed by atoms with Crippen molar-refractivity contribution in [1.82, 2.24) is 15.0 Å². The SMILES string of the molecule is CN(Cc1nc(-c2ccccc2)no1)C(=O)CCc1ccc(Cl)c(Cl)c1. The maximum Gasteiger partial charge on any atom is 0.246 e. The molecule has 0 saturated heterocycles. The molecule has 134 valence electrons. The van der Waals surface area contributed by atoms with Crippen molar-refractivity contribution in [1.29, 1.82) is 0 Å². The minimum Gasteiger partial charge on any atom is -0.337 e. The zero-order valence-corrected chi connectivity index (χ0v) is 15.7. The van der Waals surface area contributed by atoms with Crippen LogP contribution in [0.25, 0.3) is 11.4 Å². The van der Waals surface area contributed by atoms with Gasteiger partial charge in [0.15, 0.2) is 0 Å². The summed E-state index contributed by atoms with van der Waals surface area (Å²) < 4.78 is 5.24. The molecule has 0 aliphatic carbocycles. The first-order chi connectivity index (χ1) is 12.5. The van der Waals surface area contributed by atoms with Crippen LogP contribution in [0, 0.1) is 0 Å². The summed E-state index contributed by atoms with van der Waals surface area (Å²) in [6.07, 6.45) is 0.938. The van der Waals surface area contributed by atoms with Crippen LogP contribution < -0.4 is 0 Å². The molecular formula is C19H17Cl2N3O2. The molecule has 0 aliphatic rings. The number of carbonyl (C=O) groups excluding carboxylic acids is 1. The Kier molecular flexibility index (Phi) is 5.91. The van der Waals surface area contributed by atoms with Gasteiger partial charge in [-0.3, -0.25) is 4.79 Å². The van der Waals surface area contributed by atoms with Gasteiger partial charge in [-0.15, -0.1) is 0 Å². The average Bonchev–Trinajstić information content (AvgIpc) is 3.11. The lowest BCUT2D eigenvalue weighted by atomic mass is 10.1. The van der Waals surface area contributed by atoms with E-state index in [-0.39, 0.29) is 12.5 Å². The first-order valence-corrected chi connectivity index (χ1v) is 8.84. The Labute approximate surface area is 161 Å². The fourth-order valence-corrected chi connectivity index (χ4v) is 2.77. The van der Waals surface area contributed by atoms with Crippen molar-refractivity contribution in [2.24, 2.45) is 0 Å². The molecule has 0 bridgehead atoms. The van der Waals surface area contributed by atoms with Gasteiger partial charge < -0.3 is 9.42 Å². The van der Waals surface area contributed by atoms with Crippen LogP contribution in [0.5, 0.6) is 0 Å². The van der Waals surface area contributed by atoms with Crippen molar-refractivity contribution in [2.45, 2.75) is 19.4 Å². The Morgan fingerprint density at radius 2 is 1.88 bits per heavy atom. The number of rotatable bonds is 6. The molecule has 0 spiro atoms. The number of hydrogen-bond donors (Lipinski definition) is 0. The monoisotopic (exact) mass is 389 g/mol. The van der Waals surface area contributed by atoms with Crippen molar-refractivity contribution in [2.75, 3.05) is 7.05 Å². The summed E-state index contributed by atoms with van der Waals surface area (Å²) in [6, 6.07) is 14.9. The summed E-state index contributed by atoms with van der Waals surface area (Å²) in [5.74, 6) is 0.891. The van der Waals surface area contributed by atoms with E-state index in [2.05, 4.69) is 10.1 Å². The molecule has 26 heavy (non-hydrogen) atoms. The molecule has 3 aromatic rings. The number of aromatic nitrogens is 2. The number of nitrogens with zero attached hydrogens (tertiary/aromatic N) is 3. The van der Waals surface area contributed by atoms with Crippen LogP contribution in [-0.4, -0.2) is 28.0 Å². The molecule has 0 saturated carbocycles. The summed E-state index contributed by atoms with van der Waals surface area (Å²) in [6.45, 7) is 0.264. The third kappa shape index (κ3) is 4.62. The highest BCUT2D eigenvalue weighted by molar-refractivity contribution is 6.42. The van der Waals surface area contributed by atoms with Gasteiger partial charge in [-0.1, -0.05) is 64.8 Å². The van der Waals surface area contributed by atoms with E-state index in [1.165, 1.54) is 0 Å². The first kappa shape index (κ1) is 18.4. The predicted molar refractivity (Wildman–Crippen MR) is 101 cm³/mol. The van der Waals surface area contributed by atoms with Gasteiger partial charge in [-0.2, -0.15) is 4.98 Å². The zero-order chi connectivity index (χ0) is 18.5. The summed E-state index contributed by atoms with van der Waals surface area (Å²) in [5.41, 5.74) is 1.83. The second-order valence-electron chi connectivity index (χ2n) is 5.88. The standard InChI is InChI=1S/C19H17Cl2N3O2/c1-24(18(25)10-8-13-7-9-15(20)16(21)11-13)12-17-22-19(23-26-17)14-5-3-2-4-6-14/h2-7,9,11H,8,10,12H2,1H3. The molecule has 3 rings (SSSR count). The van der Waals surface area contributed by atoms with Crippen molar-refractivity contribution in [3.05, 3.63) is 70.0 Å². The Morgan fingerprint density at radius 1 is 1.12 bits per heavy atom. The van der Waals surface area contributed by atoms with Crippen LogP contribution in [0.2, 0.25) is 10.0 Å². The van der Waals surface area contributed by atoms with Crippen LogP contribution in [0.4, 0.5) is 0 Å². The second-order valence-corrected chi connectivity index (χ2v) is 6.69. The number of benzene rings is 2. The highest BCUT2D eigenvalue weighted by atomic mass is 35.5. The maximum atomic E-state index is 12.3. The normalized spacial score (nSPS) is 10.7. The molecule has 0 unspecified atom stereocenters. The molecule has 0 radical (unpaired) electrons. The summed E-state index contributed by atoms with van der Waals surface area (Å²) >= 11 is 11.9. The van der Waals surface area contributed by atoms with E-state index in [4.69, 9.17) is 27.7 Å². The van der Waals surface area contributed by atoms with Crippen molar-refractivity contribution < 1.29 is 9.32 Å². The average molecular weight is 390 g/mol. The second kappa shape index (κ2) is 8.34. The summed E-state index contributed by atoms with van der Waals surface area (Å²) in [7, 11) is 1.71. The van der Waals surface area contributed by atoms with Gasteiger partial charge in [0.2, 0.25) is 17.6 Å². The van der Waals surface area contributed by atoms with Crippen molar-refractivity contribution in [3.63, 3.8) is 0 Å². The fraction of sp³-hybridized carbons (Fsp3) is 0.211. The Bertz CT molecular complexity index is 897. The van der Waals surface area contributed by atoms with Gasteiger partial charge in [0.1, 0.15) is 0 Å². The van der Waals surface area contributed by atoms with Crippen LogP contribution in [0.3, 0.4) is 0 Å². The van der Waals surface area contributed by atoms with E-state index in [9.17, 15) is 4.79 Å². The third-order valence-electron chi connectivity index (χ3n) is 3.91. The van der Waals surface area contributed by atoms with Gasteiger partial charge in [0.25, 0.3) is 0 Å². The molecule has 0 N–H and O–H groups in total. The zero-order valence-electron chi connectivity index (χ0n) is 14.2. The minimum atomic E-state index is -0.0180. The summed E-state index contributed by atoms with van der Waals surface area (Å²) in [4.78, 5) is 18.2. The quantitative estimate of drug-likeness (QED) is 0.616. The Morgan fingerprint density at radius 3 is 2.62 bits per heavy atom. The van der Waals surface area contributed by atoms with Crippen molar-refractivity contribution in [3.8, 4) is 11.4 Å². The molecule has 7 heteroatoms. The number of halogens is 2. The highest BCUT2D eigenvalue weighted by Crippen LogP contribution is 2.23. The topological polar surface area (TPSA) is 59.2 Å². The largest absolute Gasteiger partial charge is 0.337 e. The van der Waals surface area contributed by atoms with E-state index < -0.39 is 0 Å². The lowest BCUT2D eigenvalue weighted by molar-refractivity contribution is -0.130. The molecule has 5 nitrogen and oxygen atoms in total. The summed E-state index contributed by atoms with van der Waals surface area (Å²) in [5, 5.41) is 4.95. The Balaban J connectivity index is 1.56. The first-order valence-electron chi connectivity index (χ1n) is 8.09. The lowest BCUT2D eigenvalue weighted by Gasteiger charge is -2.14. The highest BCUT2D eigenvalue weighted by Gasteiger charge is 2.15. The number of amides is 1. The molecule has 1 amide bonds. The van der Waals surface area contributed by atoms with E-state index in [0.717, 1.165) is 11.1 Å². The predicted octanol–water partition coefficient (Wildman–Crippen LogP) is 4.63. The van der Waals surface area contributed by atoms with E-state index in [0.29, 0.717) is 34.6 Å². The van der Waals surface area contributed by atoms with E-state index in [1.54, 1.807) is 24.1 Å². The smallest absolute Gasteiger partial charge is 0.246 e. The van der Waals surface area contributed by atoms with Crippen LogP contribution >= 0.6 is 23.2 Å². The molecule has 1 aromatic heterocycles. The van der Waals surface area contributed by atoms with Gasteiger partial charge in [0, 0.05) is 19.0 Å². The number of aryl methyl sites for hydroxylation is 1. The fourth-order valence-electron chi connectivity index (χ4n) is 2.45. The van der Waals surface area contributed by atoms with Crippen LogP contribution in [0.1, 0.15) is 17.9 Å².